The first kappa shape index (κ1) is 24.4. The largest absolute Gasteiger partial charge is 0.494 e. The maximum Gasteiger partial charge on any atom is 0.311 e. The second-order valence-electron chi connectivity index (χ2n) is 8.02. The molecule has 160 valence electrons. The Hall–Kier alpha value is -1.59. The molecule has 0 radical (unpaired) electrons. The van der Waals surface area contributed by atoms with E-state index in [1.165, 1.54) is 0 Å². The minimum atomic E-state index is -1.12. The van der Waals surface area contributed by atoms with E-state index >= 15 is 0 Å². The second-order valence-corrected chi connectivity index (χ2v) is 8.02. The molecule has 5 heteroatoms. The van der Waals surface area contributed by atoms with Crippen LogP contribution in [-0.2, 0) is 14.3 Å². The van der Waals surface area contributed by atoms with Crippen molar-refractivity contribution in [1.82, 2.24) is 0 Å². The van der Waals surface area contributed by atoms with Crippen LogP contribution in [0.2, 0.25) is 0 Å². The van der Waals surface area contributed by atoms with Gasteiger partial charge in [-0.05, 0) is 58.1 Å². The van der Waals surface area contributed by atoms with Crippen LogP contribution < -0.4 is 4.74 Å². The van der Waals surface area contributed by atoms with Gasteiger partial charge < -0.3 is 19.3 Å². The summed E-state index contributed by atoms with van der Waals surface area (Å²) in [5.74, 6) is 0.632. The fourth-order valence-corrected chi connectivity index (χ4v) is 2.41. The first-order valence-electron chi connectivity index (χ1n) is 10.5. The summed E-state index contributed by atoms with van der Waals surface area (Å²) in [6.07, 6.45) is 5.26. The van der Waals surface area contributed by atoms with Crippen LogP contribution in [0.3, 0.4) is 0 Å². The van der Waals surface area contributed by atoms with Crippen LogP contribution in [0.25, 0.3) is 0 Å². The van der Waals surface area contributed by atoms with Gasteiger partial charge in [0.05, 0.1) is 18.6 Å². The molecule has 1 N–H and O–H groups in total. The first-order valence-corrected chi connectivity index (χ1v) is 10.5. The summed E-state index contributed by atoms with van der Waals surface area (Å²) in [5, 5.41) is 10.6. The summed E-state index contributed by atoms with van der Waals surface area (Å²) in [5.41, 5.74) is -1.65. The van der Waals surface area contributed by atoms with Gasteiger partial charge in [-0.1, -0.05) is 38.5 Å². The number of unbranched alkanes of at least 4 members (excludes halogenated alkanes) is 3. The van der Waals surface area contributed by atoms with Crippen molar-refractivity contribution in [3.05, 3.63) is 30.3 Å². The van der Waals surface area contributed by atoms with E-state index in [-0.39, 0.29) is 19.2 Å². The van der Waals surface area contributed by atoms with Crippen LogP contribution in [0.4, 0.5) is 0 Å². The Labute approximate surface area is 170 Å². The van der Waals surface area contributed by atoms with Crippen LogP contribution in [0, 0.1) is 5.41 Å². The van der Waals surface area contributed by atoms with Gasteiger partial charge in [0.25, 0.3) is 0 Å². The van der Waals surface area contributed by atoms with Gasteiger partial charge in [0.1, 0.15) is 18.0 Å². The highest BCUT2D eigenvalue weighted by Crippen LogP contribution is 2.23. The highest BCUT2D eigenvalue weighted by atomic mass is 16.6. The van der Waals surface area contributed by atoms with Crippen LogP contribution in [0.15, 0.2) is 30.3 Å². The molecule has 0 spiro atoms. The molecule has 0 saturated heterocycles. The van der Waals surface area contributed by atoms with E-state index in [1.807, 2.05) is 58.0 Å². The molecule has 5 nitrogen and oxygen atoms in total. The summed E-state index contributed by atoms with van der Waals surface area (Å²) < 4.78 is 16.6. The number of esters is 1. The van der Waals surface area contributed by atoms with Crippen molar-refractivity contribution >= 4 is 5.97 Å². The Morgan fingerprint density at radius 3 is 2.18 bits per heavy atom. The van der Waals surface area contributed by atoms with Crippen molar-refractivity contribution in [2.45, 2.75) is 71.8 Å². The fourth-order valence-electron chi connectivity index (χ4n) is 2.41. The number of benzene rings is 1. The standard InChI is InChI=1S/C23H38O5/c1-5-22(3,4)21(24)28-19-23(25,6-2)18-26-16-12-7-8-13-17-27-20-14-10-9-11-15-20/h9-11,14-15,25H,5-8,12-13,16-19H2,1-4H3. The molecule has 0 aliphatic carbocycles. The lowest BCUT2D eigenvalue weighted by atomic mass is 9.90. The lowest BCUT2D eigenvalue weighted by Gasteiger charge is -2.28. The van der Waals surface area contributed by atoms with Gasteiger partial charge in [-0.25, -0.2) is 0 Å². The molecular formula is C23H38O5. The van der Waals surface area contributed by atoms with Crippen LogP contribution in [0.5, 0.6) is 5.75 Å². The molecule has 0 bridgehead atoms. The monoisotopic (exact) mass is 394 g/mol. The quantitative estimate of drug-likeness (QED) is 0.343. The van der Waals surface area contributed by atoms with Crippen molar-refractivity contribution in [3.8, 4) is 5.75 Å². The van der Waals surface area contributed by atoms with Crippen molar-refractivity contribution in [3.63, 3.8) is 0 Å². The third kappa shape index (κ3) is 9.56. The highest BCUT2D eigenvalue weighted by Gasteiger charge is 2.32. The molecule has 0 fully saturated rings. The zero-order valence-corrected chi connectivity index (χ0v) is 18.0. The van der Waals surface area contributed by atoms with Crippen molar-refractivity contribution in [2.24, 2.45) is 5.41 Å². The van der Waals surface area contributed by atoms with E-state index in [0.29, 0.717) is 19.4 Å². The van der Waals surface area contributed by atoms with E-state index in [2.05, 4.69) is 0 Å². The molecular weight excluding hydrogens is 356 g/mol. The predicted octanol–water partition coefficient (Wildman–Crippen LogP) is 4.76. The molecule has 1 aromatic carbocycles. The second kappa shape index (κ2) is 12.8. The summed E-state index contributed by atoms with van der Waals surface area (Å²) in [4.78, 5) is 12.1. The summed E-state index contributed by atoms with van der Waals surface area (Å²) in [6, 6.07) is 9.83. The van der Waals surface area contributed by atoms with Crippen molar-refractivity contribution in [1.29, 1.82) is 0 Å². The highest BCUT2D eigenvalue weighted by molar-refractivity contribution is 5.75. The maximum absolute atomic E-state index is 12.1. The lowest BCUT2D eigenvalue weighted by Crippen LogP contribution is -2.41. The Balaban J connectivity index is 2.10. The predicted molar refractivity (Wildman–Crippen MR) is 111 cm³/mol. The number of aliphatic hydroxyl groups is 1. The zero-order valence-electron chi connectivity index (χ0n) is 18.0. The number of rotatable bonds is 15. The number of hydrogen-bond donors (Lipinski definition) is 1. The average Bonchev–Trinajstić information content (AvgIpc) is 2.71. The van der Waals surface area contributed by atoms with Gasteiger partial charge in [0.2, 0.25) is 0 Å². The Bertz CT molecular complexity index is 543. The van der Waals surface area contributed by atoms with Crippen LogP contribution in [0.1, 0.15) is 66.2 Å². The van der Waals surface area contributed by atoms with Gasteiger partial charge in [-0.3, -0.25) is 4.79 Å². The molecule has 0 amide bonds. The normalized spacial score (nSPS) is 13.8. The molecule has 1 rings (SSSR count). The van der Waals surface area contributed by atoms with Crippen LogP contribution >= 0.6 is 0 Å². The van der Waals surface area contributed by atoms with E-state index in [9.17, 15) is 9.90 Å². The van der Waals surface area contributed by atoms with Gasteiger partial charge in [0, 0.05) is 6.61 Å². The third-order valence-corrected chi connectivity index (χ3v) is 5.13. The average molecular weight is 395 g/mol. The Morgan fingerprint density at radius 2 is 1.57 bits per heavy atom. The molecule has 0 heterocycles. The molecule has 0 aliphatic rings. The SMILES string of the molecule is CCC(O)(COCCCCCCOc1ccccc1)COC(=O)C(C)(C)CC. The zero-order chi connectivity index (χ0) is 20.9. The molecule has 1 aromatic rings. The number of ether oxygens (including phenoxy) is 3. The molecule has 1 atom stereocenters. The minimum absolute atomic E-state index is 0.0252. The number of para-hydroxylation sites is 1. The van der Waals surface area contributed by atoms with E-state index < -0.39 is 11.0 Å². The summed E-state index contributed by atoms with van der Waals surface area (Å²) in [7, 11) is 0. The van der Waals surface area contributed by atoms with Gasteiger partial charge in [-0.2, -0.15) is 0 Å². The minimum Gasteiger partial charge on any atom is -0.494 e. The van der Waals surface area contributed by atoms with E-state index in [1.54, 1.807) is 0 Å². The van der Waals surface area contributed by atoms with Crippen molar-refractivity contribution < 1.29 is 24.1 Å². The Morgan fingerprint density at radius 1 is 0.929 bits per heavy atom. The fraction of sp³-hybridized carbons (Fsp3) is 0.696. The smallest absolute Gasteiger partial charge is 0.311 e. The molecule has 1 unspecified atom stereocenters. The van der Waals surface area contributed by atoms with Crippen molar-refractivity contribution in [2.75, 3.05) is 26.4 Å². The lowest BCUT2D eigenvalue weighted by molar-refractivity contribution is -0.166. The van der Waals surface area contributed by atoms with E-state index in [4.69, 9.17) is 14.2 Å². The summed E-state index contributed by atoms with van der Waals surface area (Å²) >= 11 is 0. The maximum atomic E-state index is 12.1. The van der Waals surface area contributed by atoms with Gasteiger partial charge in [0.15, 0.2) is 0 Å². The van der Waals surface area contributed by atoms with E-state index in [0.717, 1.165) is 38.0 Å². The first-order chi connectivity index (χ1) is 13.3. The molecule has 28 heavy (non-hydrogen) atoms. The Kier molecular flexibility index (Phi) is 11.2. The summed E-state index contributed by atoms with van der Waals surface area (Å²) in [6.45, 7) is 8.99. The number of carbonyl (C=O) groups excluding carboxylic acids is 1. The molecule has 0 saturated carbocycles. The topological polar surface area (TPSA) is 65.0 Å². The van der Waals surface area contributed by atoms with Gasteiger partial charge >= 0.3 is 5.97 Å². The number of hydrogen-bond acceptors (Lipinski definition) is 5. The molecule has 0 aromatic heterocycles. The molecule has 0 aliphatic heterocycles. The third-order valence-electron chi connectivity index (χ3n) is 5.13. The van der Waals surface area contributed by atoms with Crippen LogP contribution in [-0.4, -0.2) is 43.1 Å². The van der Waals surface area contributed by atoms with Gasteiger partial charge in [-0.15, -0.1) is 0 Å². The number of carbonyl (C=O) groups is 1.